The molecule has 0 aromatic carbocycles. The van der Waals surface area contributed by atoms with Gasteiger partial charge in [0.1, 0.15) is 5.82 Å². The Hall–Kier alpha value is -1.99. The summed E-state index contributed by atoms with van der Waals surface area (Å²) in [5.41, 5.74) is -0.748. The van der Waals surface area contributed by atoms with Gasteiger partial charge >= 0.3 is 6.18 Å². The van der Waals surface area contributed by atoms with Crippen LogP contribution in [0.3, 0.4) is 0 Å². The largest absolute Gasteiger partial charge is 0.417 e. The second-order valence-electron chi connectivity index (χ2n) is 3.96. The summed E-state index contributed by atoms with van der Waals surface area (Å²) in [5.74, 6) is 1.12. The molecule has 1 heterocycles. The van der Waals surface area contributed by atoms with Crippen LogP contribution in [-0.2, 0) is 6.18 Å². The molecule has 8 heteroatoms. The minimum Gasteiger partial charge on any atom is -0.370 e. The molecule has 0 saturated carbocycles. The van der Waals surface area contributed by atoms with Crippen molar-refractivity contribution in [3.8, 4) is 0 Å². The lowest BCUT2D eigenvalue weighted by molar-refractivity contribution is -0.137. The highest BCUT2D eigenvalue weighted by atomic mass is 19.4. The van der Waals surface area contributed by atoms with E-state index in [0.29, 0.717) is 24.9 Å². The van der Waals surface area contributed by atoms with Crippen molar-refractivity contribution >= 4 is 11.8 Å². The molecule has 0 unspecified atom stereocenters. The van der Waals surface area contributed by atoms with Gasteiger partial charge in [0.05, 0.1) is 5.56 Å². The van der Waals surface area contributed by atoms with Crippen LogP contribution in [0, 0.1) is 0 Å². The van der Waals surface area contributed by atoms with Gasteiger partial charge in [0.15, 0.2) is 5.96 Å². The Balaban J connectivity index is 2.29. The minimum absolute atomic E-state index is 0.427. The second kappa shape index (κ2) is 7.56. The predicted octanol–water partition coefficient (Wildman–Crippen LogP) is 1.70. The van der Waals surface area contributed by atoms with E-state index in [9.17, 15) is 13.2 Å². The van der Waals surface area contributed by atoms with Crippen molar-refractivity contribution in [1.82, 2.24) is 15.6 Å². The third-order valence-electron chi connectivity index (χ3n) is 2.50. The average molecular weight is 289 g/mol. The molecule has 5 nitrogen and oxygen atoms in total. The number of alkyl halides is 3. The first-order valence-corrected chi connectivity index (χ1v) is 6.13. The van der Waals surface area contributed by atoms with Crippen LogP contribution < -0.4 is 16.0 Å². The molecule has 1 aromatic heterocycles. The number of aromatic nitrogens is 1. The van der Waals surface area contributed by atoms with E-state index in [-0.39, 0.29) is 0 Å². The number of rotatable bonds is 5. The third-order valence-corrected chi connectivity index (χ3v) is 2.50. The summed E-state index contributed by atoms with van der Waals surface area (Å²) in [6.07, 6.45) is -2.74. The zero-order valence-electron chi connectivity index (χ0n) is 11.4. The number of hydrogen-bond acceptors (Lipinski definition) is 3. The summed E-state index contributed by atoms with van der Waals surface area (Å²) >= 11 is 0. The fourth-order valence-electron chi connectivity index (χ4n) is 1.46. The number of aliphatic imine (C=N–C) groups is 1. The van der Waals surface area contributed by atoms with Crippen molar-refractivity contribution in [1.29, 1.82) is 0 Å². The van der Waals surface area contributed by atoms with Crippen molar-refractivity contribution in [2.75, 3.05) is 32.5 Å². The molecule has 0 spiro atoms. The van der Waals surface area contributed by atoms with Crippen LogP contribution in [0.2, 0.25) is 0 Å². The quantitative estimate of drug-likeness (QED) is 0.438. The Morgan fingerprint density at radius 3 is 2.55 bits per heavy atom. The molecule has 112 valence electrons. The van der Waals surface area contributed by atoms with Crippen LogP contribution >= 0.6 is 0 Å². The zero-order chi connectivity index (χ0) is 15.0. The third kappa shape index (κ3) is 5.33. The topological polar surface area (TPSA) is 61.3 Å². The van der Waals surface area contributed by atoms with E-state index in [0.717, 1.165) is 18.7 Å². The minimum atomic E-state index is -4.35. The van der Waals surface area contributed by atoms with Crippen LogP contribution in [0.1, 0.15) is 12.0 Å². The Morgan fingerprint density at radius 2 is 2.05 bits per heavy atom. The van der Waals surface area contributed by atoms with Gasteiger partial charge < -0.3 is 16.0 Å². The van der Waals surface area contributed by atoms with E-state index < -0.39 is 11.7 Å². The van der Waals surface area contributed by atoms with Gasteiger partial charge in [0, 0.05) is 33.4 Å². The lowest BCUT2D eigenvalue weighted by Gasteiger charge is -2.10. The van der Waals surface area contributed by atoms with Gasteiger partial charge in [-0.3, -0.25) is 4.99 Å². The van der Waals surface area contributed by atoms with E-state index in [2.05, 4.69) is 25.9 Å². The van der Waals surface area contributed by atoms with Crippen LogP contribution in [0.25, 0.3) is 0 Å². The molecule has 0 radical (unpaired) electrons. The maximum absolute atomic E-state index is 12.3. The molecular weight excluding hydrogens is 271 g/mol. The van der Waals surface area contributed by atoms with Crippen molar-refractivity contribution in [3.05, 3.63) is 23.9 Å². The molecule has 0 bridgehead atoms. The van der Waals surface area contributed by atoms with Crippen molar-refractivity contribution in [2.24, 2.45) is 4.99 Å². The van der Waals surface area contributed by atoms with Gasteiger partial charge in [-0.2, -0.15) is 13.2 Å². The maximum Gasteiger partial charge on any atom is 0.417 e. The van der Waals surface area contributed by atoms with Crippen LogP contribution in [-0.4, -0.2) is 38.1 Å². The highest BCUT2D eigenvalue weighted by Gasteiger charge is 2.30. The molecular formula is C12H18F3N5. The molecule has 0 aliphatic rings. The number of anilines is 1. The Kier molecular flexibility index (Phi) is 6.08. The number of hydrogen-bond donors (Lipinski definition) is 3. The van der Waals surface area contributed by atoms with Crippen LogP contribution in [0.4, 0.5) is 19.0 Å². The summed E-state index contributed by atoms with van der Waals surface area (Å²) in [6.45, 7) is 1.30. The van der Waals surface area contributed by atoms with Gasteiger partial charge in [-0.15, -0.1) is 0 Å². The maximum atomic E-state index is 12.3. The van der Waals surface area contributed by atoms with Crippen LogP contribution in [0.15, 0.2) is 23.3 Å². The molecule has 1 rings (SSSR count). The summed E-state index contributed by atoms with van der Waals surface area (Å²) in [4.78, 5) is 7.67. The van der Waals surface area contributed by atoms with E-state index >= 15 is 0 Å². The zero-order valence-corrected chi connectivity index (χ0v) is 11.4. The van der Waals surface area contributed by atoms with Gasteiger partial charge in [-0.05, 0) is 18.6 Å². The van der Waals surface area contributed by atoms with Crippen molar-refractivity contribution < 1.29 is 13.2 Å². The second-order valence-corrected chi connectivity index (χ2v) is 3.96. The number of nitrogens with one attached hydrogen (secondary N) is 3. The number of nitrogens with zero attached hydrogens (tertiary/aromatic N) is 2. The SMILES string of the molecule is CN=C(NC)NCCCNc1ccc(C(F)(F)F)cn1. The van der Waals surface area contributed by atoms with E-state index in [1.165, 1.54) is 6.07 Å². The Bertz CT molecular complexity index is 428. The number of guanidine groups is 1. The van der Waals surface area contributed by atoms with Gasteiger partial charge in [0.25, 0.3) is 0 Å². The molecule has 20 heavy (non-hydrogen) atoms. The van der Waals surface area contributed by atoms with Crippen LogP contribution in [0.5, 0.6) is 0 Å². The lowest BCUT2D eigenvalue weighted by atomic mass is 10.3. The lowest BCUT2D eigenvalue weighted by Crippen LogP contribution is -2.35. The Morgan fingerprint density at radius 1 is 1.30 bits per heavy atom. The summed E-state index contributed by atoms with van der Waals surface area (Å²) < 4.78 is 37.0. The van der Waals surface area contributed by atoms with Crippen molar-refractivity contribution in [3.63, 3.8) is 0 Å². The first-order chi connectivity index (χ1) is 9.47. The normalized spacial score (nSPS) is 12.2. The molecule has 0 fully saturated rings. The predicted molar refractivity (Wildman–Crippen MR) is 72.8 cm³/mol. The molecule has 0 saturated heterocycles. The molecule has 0 atom stereocenters. The Labute approximate surface area is 115 Å². The van der Waals surface area contributed by atoms with E-state index in [1.807, 2.05) is 0 Å². The monoisotopic (exact) mass is 289 g/mol. The average Bonchev–Trinajstić information content (AvgIpc) is 2.42. The standard InChI is InChI=1S/C12H18F3N5/c1-16-11(17-2)19-7-3-6-18-10-5-4-9(8-20-10)12(13,14)15/h4-5,8H,3,6-7H2,1-2H3,(H,18,20)(H2,16,17,19). The van der Waals surface area contributed by atoms with E-state index in [4.69, 9.17) is 0 Å². The summed E-state index contributed by atoms with van der Waals surface area (Å²) in [5, 5.41) is 8.90. The number of pyridine rings is 1. The van der Waals surface area contributed by atoms with Crippen molar-refractivity contribution in [2.45, 2.75) is 12.6 Å². The fourth-order valence-corrected chi connectivity index (χ4v) is 1.46. The van der Waals surface area contributed by atoms with E-state index in [1.54, 1.807) is 14.1 Å². The number of halogens is 3. The molecule has 3 N–H and O–H groups in total. The first-order valence-electron chi connectivity index (χ1n) is 6.13. The van der Waals surface area contributed by atoms with Gasteiger partial charge in [-0.25, -0.2) is 4.98 Å². The fraction of sp³-hybridized carbons (Fsp3) is 0.500. The summed E-state index contributed by atoms with van der Waals surface area (Å²) in [7, 11) is 3.43. The highest BCUT2D eigenvalue weighted by Crippen LogP contribution is 2.28. The van der Waals surface area contributed by atoms with Gasteiger partial charge in [0.2, 0.25) is 0 Å². The first kappa shape index (κ1) is 16.1. The highest BCUT2D eigenvalue weighted by molar-refractivity contribution is 5.79. The molecule has 0 aliphatic heterocycles. The smallest absolute Gasteiger partial charge is 0.370 e. The molecule has 0 aliphatic carbocycles. The molecule has 1 aromatic rings. The van der Waals surface area contributed by atoms with Gasteiger partial charge in [-0.1, -0.05) is 0 Å². The summed E-state index contributed by atoms with van der Waals surface area (Å²) in [6, 6.07) is 2.33. The molecule has 0 amide bonds.